The van der Waals surface area contributed by atoms with Crippen molar-refractivity contribution in [2.45, 2.75) is 52.0 Å². The quantitative estimate of drug-likeness (QED) is 0.781. The van der Waals surface area contributed by atoms with Gasteiger partial charge >= 0.3 is 12.1 Å². The summed E-state index contributed by atoms with van der Waals surface area (Å²) < 4.78 is 21.5. The summed E-state index contributed by atoms with van der Waals surface area (Å²) in [5, 5.41) is 11.7. The normalized spacial score (nSPS) is 16.4. The molecular formula is C19H25NO7. The summed E-state index contributed by atoms with van der Waals surface area (Å²) in [6.07, 6.45) is 0.697. The van der Waals surface area contributed by atoms with E-state index in [2.05, 4.69) is 5.32 Å². The fourth-order valence-electron chi connectivity index (χ4n) is 2.26. The lowest BCUT2D eigenvalue weighted by Crippen LogP contribution is -2.38. The number of hydrogen-bond donors (Lipinski definition) is 2. The molecule has 0 aromatic heterocycles. The van der Waals surface area contributed by atoms with Crippen molar-refractivity contribution in [1.82, 2.24) is 5.32 Å². The number of carboxylic acids is 1. The van der Waals surface area contributed by atoms with Gasteiger partial charge in [-0.3, -0.25) is 0 Å². The van der Waals surface area contributed by atoms with E-state index in [0.717, 1.165) is 0 Å². The zero-order valence-corrected chi connectivity index (χ0v) is 16.1. The van der Waals surface area contributed by atoms with Gasteiger partial charge in [-0.15, -0.1) is 0 Å². The molecule has 0 spiro atoms. The second-order valence-corrected chi connectivity index (χ2v) is 7.48. The van der Waals surface area contributed by atoms with Crippen LogP contribution in [0.1, 0.15) is 46.2 Å². The lowest BCUT2D eigenvalue weighted by molar-refractivity contribution is -0.139. The first-order chi connectivity index (χ1) is 12.5. The topological polar surface area (TPSA) is 103 Å². The summed E-state index contributed by atoms with van der Waals surface area (Å²) in [7, 11) is 0. The zero-order valence-electron chi connectivity index (χ0n) is 16.1. The molecule has 0 saturated heterocycles. The van der Waals surface area contributed by atoms with Crippen molar-refractivity contribution in [3.63, 3.8) is 0 Å². The highest BCUT2D eigenvalue weighted by Crippen LogP contribution is 2.25. The van der Waals surface area contributed by atoms with Gasteiger partial charge in [-0.25, -0.2) is 9.59 Å². The molecule has 148 valence electrons. The van der Waals surface area contributed by atoms with Gasteiger partial charge in [0.05, 0.1) is 0 Å². The predicted molar refractivity (Wildman–Crippen MR) is 96.0 cm³/mol. The van der Waals surface area contributed by atoms with E-state index in [4.69, 9.17) is 18.9 Å². The van der Waals surface area contributed by atoms with E-state index in [1.807, 2.05) is 0 Å². The minimum absolute atomic E-state index is 0.182. The second-order valence-electron chi connectivity index (χ2n) is 7.48. The van der Waals surface area contributed by atoms with Gasteiger partial charge in [0, 0.05) is 13.8 Å². The first kappa shape index (κ1) is 20.4. The highest BCUT2D eigenvalue weighted by atomic mass is 16.7. The van der Waals surface area contributed by atoms with Crippen molar-refractivity contribution < 1.29 is 33.6 Å². The number of carbonyl (C=O) groups is 2. The number of aliphatic carboxylic acids is 1. The lowest BCUT2D eigenvalue weighted by atomic mass is 10.1. The maximum atomic E-state index is 11.9. The molecule has 1 amide bonds. The third-order valence-electron chi connectivity index (χ3n) is 3.35. The Morgan fingerprint density at radius 1 is 1.22 bits per heavy atom. The molecule has 1 aromatic carbocycles. The van der Waals surface area contributed by atoms with Crippen LogP contribution in [-0.2, 0) is 19.0 Å². The van der Waals surface area contributed by atoms with Crippen molar-refractivity contribution >= 4 is 12.1 Å². The van der Waals surface area contributed by atoms with E-state index >= 15 is 0 Å². The molecule has 1 heterocycles. The Morgan fingerprint density at radius 2 is 1.85 bits per heavy atom. The predicted octanol–water partition coefficient (Wildman–Crippen LogP) is 3.34. The third-order valence-corrected chi connectivity index (χ3v) is 3.35. The molecule has 0 bridgehead atoms. The zero-order chi connectivity index (χ0) is 20.2. The van der Waals surface area contributed by atoms with Crippen molar-refractivity contribution in [2.75, 3.05) is 6.61 Å². The number of alkyl carbamates (subject to hydrolysis) is 1. The average molecular weight is 379 g/mol. The van der Waals surface area contributed by atoms with Crippen LogP contribution in [0, 0.1) is 0 Å². The number of carboxylic acid groups (broad SMARTS) is 1. The van der Waals surface area contributed by atoms with Gasteiger partial charge in [0.25, 0.3) is 0 Å². The van der Waals surface area contributed by atoms with E-state index in [9.17, 15) is 14.7 Å². The van der Waals surface area contributed by atoms with Crippen molar-refractivity contribution in [3.05, 3.63) is 41.9 Å². The number of nitrogens with one attached hydrogen (secondary N) is 1. The number of amides is 1. The second kappa shape index (κ2) is 7.77. The van der Waals surface area contributed by atoms with Crippen LogP contribution in [0.3, 0.4) is 0 Å². The molecule has 1 unspecified atom stereocenters. The Kier molecular flexibility index (Phi) is 5.88. The van der Waals surface area contributed by atoms with E-state index in [1.165, 1.54) is 6.26 Å². The number of carbonyl (C=O) groups excluding carboxylic acids is 1. The van der Waals surface area contributed by atoms with Crippen molar-refractivity contribution in [1.29, 1.82) is 0 Å². The smallest absolute Gasteiger partial charge is 0.408 e. The Hall–Kier alpha value is -2.90. The molecule has 27 heavy (non-hydrogen) atoms. The van der Waals surface area contributed by atoms with Crippen LogP contribution in [0.2, 0.25) is 0 Å². The summed E-state index contributed by atoms with van der Waals surface area (Å²) in [6.45, 7) is 8.85. The van der Waals surface area contributed by atoms with Crippen molar-refractivity contribution in [3.8, 4) is 5.75 Å². The summed E-state index contributed by atoms with van der Waals surface area (Å²) >= 11 is 0. The molecule has 0 saturated carbocycles. The van der Waals surface area contributed by atoms with E-state index in [0.29, 0.717) is 17.1 Å². The van der Waals surface area contributed by atoms with Crippen LogP contribution in [0.4, 0.5) is 4.79 Å². The van der Waals surface area contributed by atoms with E-state index < -0.39 is 29.5 Å². The van der Waals surface area contributed by atoms with Crippen LogP contribution in [-0.4, -0.2) is 35.2 Å². The highest BCUT2D eigenvalue weighted by Gasteiger charge is 2.28. The van der Waals surface area contributed by atoms with Gasteiger partial charge in [-0.2, -0.15) is 0 Å². The van der Waals surface area contributed by atoms with Gasteiger partial charge in [-0.1, -0.05) is 12.1 Å². The number of hydrogen-bond acceptors (Lipinski definition) is 6. The third kappa shape index (κ3) is 6.40. The maximum Gasteiger partial charge on any atom is 0.408 e. The monoisotopic (exact) mass is 379 g/mol. The Labute approximate surface area is 158 Å². The van der Waals surface area contributed by atoms with Gasteiger partial charge in [0.2, 0.25) is 5.79 Å². The molecule has 1 atom stereocenters. The van der Waals surface area contributed by atoms with Crippen LogP contribution >= 0.6 is 0 Å². The molecule has 8 heteroatoms. The minimum Gasteiger partial charge on any atom is -0.486 e. The molecule has 0 radical (unpaired) electrons. The number of benzene rings is 1. The van der Waals surface area contributed by atoms with E-state index in [-0.39, 0.29) is 6.61 Å². The molecule has 8 nitrogen and oxygen atoms in total. The fraction of sp³-hybridized carbons (Fsp3) is 0.474. The fourth-order valence-corrected chi connectivity index (χ4v) is 2.26. The Bertz CT molecular complexity index is 717. The molecular weight excluding hydrogens is 354 g/mol. The SMILES string of the molecule is CC(C)(C)OC(=O)NC(C(=O)O)c1ccc(OCC2=COC(C)(C)O2)cc1. The first-order valence-corrected chi connectivity index (χ1v) is 8.46. The van der Waals surface area contributed by atoms with Crippen molar-refractivity contribution in [2.24, 2.45) is 0 Å². The summed E-state index contributed by atoms with van der Waals surface area (Å²) in [4.78, 5) is 23.4. The van der Waals surface area contributed by atoms with Crippen LogP contribution in [0.25, 0.3) is 0 Å². The minimum atomic E-state index is -1.23. The van der Waals surface area contributed by atoms with E-state index in [1.54, 1.807) is 58.9 Å². The van der Waals surface area contributed by atoms with Gasteiger partial charge in [-0.05, 0) is 38.5 Å². The Morgan fingerprint density at radius 3 is 2.33 bits per heavy atom. The lowest BCUT2D eigenvalue weighted by Gasteiger charge is -2.22. The van der Waals surface area contributed by atoms with Crippen LogP contribution in [0.5, 0.6) is 5.75 Å². The molecule has 2 rings (SSSR count). The molecule has 0 fully saturated rings. The molecule has 2 N–H and O–H groups in total. The molecule has 1 aliphatic heterocycles. The Balaban J connectivity index is 1.96. The maximum absolute atomic E-state index is 11.9. The van der Waals surface area contributed by atoms with Crippen LogP contribution < -0.4 is 10.1 Å². The van der Waals surface area contributed by atoms with Gasteiger partial charge in [0.15, 0.2) is 11.8 Å². The van der Waals surface area contributed by atoms with Gasteiger partial charge in [0.1, 0.15) is 24.2 Å². The largest absolute Gasteiger partial charge is 0.486 e. The number of ether oxygens (including phenoxy) is 4. The standard InChI is InChI=1S/C19H25NO7/c1-18(2,3)27-17(23)20-15(16(21)22)12-6-8-13(9-7-12)24-10-14-11-25-19(4,5)26-14/h6-9,11,15H,10H2,1-5H3,(H,20,23)(H,21,22). The first-order valence-electron chi connectivity index (χ1n) is 8.46. The molecule has 1 aliphatic rings. The summed E-state index contributed by atoms with van der Waals surface area (Å²) in [5.74, 6) is -0.822. The summed E-state index contributed by atoms with van der Waals surface area (Å²) in [5.41, 5.74) is -0.332. The average Bonchev–Trinajstić information content (AvgIpc) is 2.88. The van der Waals surface area contributed by atoms with Crippen LogP contribution in [0.15, 0.2) is 36.3 Å². The summed E-state index contributed by atoms with van der Waals surface area (Å²) in [6, 6.07) is 5.13. The highest BCUT2D eigenvalue weighted by molar-refractivity contribution is 5.81. The number of rotatable bonds is 6. The van der Waals surface area contributed by atoms with Gasteiger partial charge < -0.3 is 29.4 Å². The molecule has 1 aromatic rings. The molecule has 0 aliphatic carbocycles.